The first-order valence-corrected chi connectivity index (χ1v) is 7.08. The number of amides is 1. The van der Waals surface area contributed by atoms with Crippen LogP contribution in [-0.2, 0) is 11.2 Å². The molecular formula is C15H22N2O2. The molecule has 1 heterocycles. The Kier molecular flexibility index (Phi) is 5.33. The van der Waals surface area contributed by atoms with Crippen molar-refractivity contribution in [3.63, 3.8) is 0 Å². The lowest BCUT2D eigenvalue weighted by Crippen LogP contribution is -2.41. The van der Waals surface area contributed by atoms with Gasteiger partial charge in [0.25, 0.3) is 0 Å². The lowest BCUT2D eigenvalue weighted by atomic mass is 9.95. The number of aliphatic hydroxyl groups is 1. The first-order chi connectivity index (χ1) is 9.29. The maximum absolute atomic E-state index is 12.0. The zero-order valence-electron chi connectivity index (χ0n) is 11.2. The molecule has 0 spiro atoms. The number of aliphatic hydroxyl groups excluding tert-OH is 1. The van der Waals surface area contributed by atoms with Gasteiger partial charge >= 0.3 is 0 Å². The van der Waals surface area contributed by atoms with Gasteiger partial charge in [-0.25, -0.2) is 0 Å². The molecule has 104 valence electrons. The summed E-state index contributed by atoms with van der Waals surface area (Å²) in [5.41, 5.74) is 0.925. The van der Waals surface area contributed by atoms with E-state index in [1.165, 1.54) is 6.42 Å². The molecule has 4 nitrogen and oxygen atoms in total. The molecule has 1 aliphatic rings. The summed E-state index contributed by atoms with van der Waals surface area (Å²) < 4.78 is 0. The van der Waals surface area contributed by atoms with Crippen molar-refractivity contribution in [1.29, 1.82) is 0 Å². The van der Waals surface area contributed by atoms with Crippen LogP contribution in [0.3, 0.4) is 0 Å². The summed E-state index contributed by atoms with van der Waals surface area (Å²) in [6.45, 7) is 0.165. The van der Waals surface area contributed by atoms with Gasteiger partial charge in [0.15, 0.2) is 0 Å². The molecule has 1 aromatic heterocycles. The summed E-state index contributed by atoms with van der Waals surface area (Å²) in [4.78, 5) is 16.0. The van der Waals surface area contributed by atoms with Crippen LogP contribution in [-0.4, -0.2) is 28.6 Å². The smallest absolute Gasteiger partial charge is 0.224 e. The number of hydrogen-bond acceptors (Lipinski definition) is 3. The van der Waals surface area contributed by atoms with Crippen LogP contribution in [0.15, 0.2) is 24.5 Å². The molecule has 0 aliphatic heterocycles. The summed E-state index contributed by atoms with van der Waals surface area (Å²) in [7, 11) is 0. The molecule has 0 saturated heterocycles. The van der Waals surface area contributed by atoms with E-state index in [2.05, 4.69) is 10.3 Å². The zero-order chi connectivity index (χ0) is 13.5. The van der Waals surface area contributed by atoms with Gasteiger partial charge in [0.1, 0.15) is 0 Å². The second kappa shape index (κ2) is 7.24. The summed E-state index contributed by atoms with van der Waals surface area (Å²) in [6, 6.07) is 3.87. The highest BCUT2D eigenvalue weighted by Gasteiger charge is 2.24. The van der Waals surface area contributed by atoms with E-state index in [4.69, 9.17) is 0 Å². The van der Waals surface area contributed by atoms with Crippen LogP contribution < -0.4 is 5.32 Å². The minimum Gasteiger partial charge on any atom is -0.396 e. The van der Waals surface area contributed by atoms with Gasteiger partial charge in [-0.1, -0.05) is 25.3 Å². The second-order valence-electron chi connectivity index (χ2n) is 5.29. The molecule has 4 heteroatoms. The maximum Gasteiger partial charge on any atom is 0.224 e. The topological polar surface area (TPSA) is 62.2 Å². The number of rotatable bonds is 4. The Hall–Kier alpha value is -1.42. The fraction of sp³-hybridized carbons (Fsp3) is 0.600. The van der Waals surface area contributed by atoms with Gasteiger partial charge in [0, 0.05) is 31.0 Å². The average molecular weight is 262 g/mol. The normalized spacial score (nSPS) is 23.6. The van der Waals surface area contributed by atoms with E-state index in [0.717, 1.165) is 31.2 Å². The predicted octanol–water partition coefficient (Wildman–Crippen LogP) is 1.68. The van der Waals surface area contributed by atoms with Crippen LogP contribution in [0, 0.1) is 5.92 Å². The fourth-order valence-corrected chi connectivity index (χ4v) is 2.74. The van der Waals surface area contributed by atoms with Gasteiger partial charge in [0.2, 0.25) is 5.91 Å². The van der Waals surface area contributed by atoms with Crippen molar-refractivity contribution >= 4 is 5.91 Å². The Balaban J connectivity index is 1.89. The van der Waals surface area contributed by atoms with Crippen molar-refractivity contribution in [2.45, 2.75) is 44.6 Å². The molecule has 1 aromatic rings. The number of nitrogens with one attached hydrogen (secondary N) is 1. The minimum absolute atomic E-state index is 0.0262. The van der Waals surface area contributed by atoms with E-state index in [-0.39, 0.29) is 24.5 Å². The first-order valence-electron chi connectivity index (χ1n) is 7.08. The van der Waals surface area contributed by atoms with Crippen LogP contribution in [0.2, 0.25) is 0 Å². The second-order valence-corrected chi connectivity index (χ2v) is 5.29. The highest BCUT2D eigenvalue weighted by Crippen LogP contribution is 2.23. The minimum atomic E-state index is 0.0262. The quantitative estimate of drug-likeness (QED) is 0.812. The molecule has 2 unspecified atom stereocenters. The van der Waals surface area contributed by atoms with Crippen molar-refractivity contribution in [2.24, 2.45) is 5.92 Å². The van der Waals surface area contributed by atoms with E-state index < -0.39 is 0 Å². The van der Waals surface area contributed by atoms with Gasteiger partial charge in [0.05, 0.1) is 6.42 Å². The summed E-state index contributed by atoms with van der Waals surface area (Å²) in [6.07, 6.45) is 9.26. The molecule has 0 bridgehead atoms. The van der Waals surface area contributed by atoms with E-state index in [9.17, 15) is 9.90 Å². The average Bonchev–Trinajstić information content (AvgIpc) is 2.64. The Morgan fingerprint density at radius 1 is 1.37 bits per heavy atom. The van der Waals surface area contributed by atoms with Crippen LogP contribution >= 0.6 is 0 Å². The van der Waals surface area contributed by atoms with Gasteiger partial charge in [-0.15, -0.1) is 0 Å². The van der Waals surface area contributed by atoms with Crippen molar-refractivity contribution in [1.82, 2.24) is 10.3 Å². The van der Waals surface area contributed by atoms with E-state index in [1.54, 1.807) is 12.4 Å². The Bertz CT molecular complexity index is 394. The number of hydrogen-bond donors (Lipinski definition) is 2. The molecule has 1 saturated carbocycles. The lowest BCUT2D eigenvalue weighted by molar-refractivity contribution is -0.121. The number of aromatic nitrogens is 1. The number of nitrogens with zero attached hydrogens (tertiary/aromatic N) is 1. The molecule has 1 aliphatic carbocycles. The fourth-order valence-electron chi connectivity index (χ4n) is 2.74. The van der Waals surface area contributed by atoms with Crippen molar-refractivity contribution < 1.29 is 9.90 Å². The van der Waals surface area contributed by atoms with E-state index in [0.29, 0.717) is 6.42 Å². The Morgan fingerprint density at radius 3 is 2.95 bits per heavy atom. The van der Waals surface area contributed by atoms with Crippen LogP contribution in [0.4, 0.5) is 0 Å². The molecule has 19 heavy (non-hydrogen) atoms. The third-order valence-corrected chi connectivity index (χ3v) is 3.83. The predicted molar refractivity (Wildman–Crippen MR) is 73.5 cm³/mol. The van der Waals surface area contributed by atoms with Gasteiger partial charge in [-0.05, 0) is 24.5 Å². The third-order valence-electron chi connectivity index (χ3n) is 3.83. The highest BCUT2D eigenvalue weighted by atomic mass is 16.3. The molecule has 2 N–H and O–H groups in total. The molecule has 2 rings (SSSR count). The maximum atomic E-state index is 12.0. The van der Waals surface area contributed by atoms with Crippen molar-refractivity contribution in [3.8, 4) is 0 Å². The molecule has 2 atom stereocenters. The highest BCUT2D eigenvalue weighted by molar-refractivity contribution is 5.78. The SMILES string of the molecule is O=C(Cc1cccnc1)NC1CCCCCC1CO. The standard InChI is InChI=1S/C15H22N2O2/c18-11-13-6-2-1-3-7-14(13)17-15(19)9-12-5-4-8-16-10-12/h4-5,8,10,13-14,18H,1-3,6-7,9,11H2,(H,17,19). The van der Waals surface area contributed by atoms with Crippen molar-refractivity contribution in [3.05, 3.63) is 30.1 Å². The molecular weight excluding hydrogens is 240 g/mol. The number of carbonyl (C=O) groups is 1. The van der Waals surface area contributed by atoms with Gasteiger partial charge in [-0.2, -0.15) is 0 Å². The monoisotopic (exact) mass is 262 g/mol. The molecule has 1 amide bonds. The van der Waals surface area contributed by atoms with Crippen molar-refractivity contribution in [2.75, 3.05) is 6.61 Å². The third kappa shape index (κ3) is 4.31. The van der Waals surface area contributed by atoms with Crippen LogP contribution in [0.5, 0.6) is 0 Å². The summed E-state index contributed by atoms with van der Waals surface area (Å²) >= 11 is 0. The van der Waals surface area contributed by atoms with E-state index in [1.807, 2.05) is 12.1 Å². The molecule has 1 fully saturated rings. The summed E-state index contributed by atoms with van der Waals surface area (Å²) in [5.74, 6) is 0.235. The van der Waals surface area contributed by atoms with Crippen LogP contribution in [0.1, 0.15) is 37.7 Å². The first kappa shape index (κ1) is 14.0. The Morgan fingerprint density at radius 2 is 2.21 bits per heavy atom. The van der Waals surface area contributed by atoms with E-state index >= 15 is 0 Å². The molecule has 0 radical (unpaired) electrons. The Labute approximate surface area is 114 Å². The lowest BCUT2D eigenvalue weighted by Gasteiger charge is -2.24. The summed E-state index contributed by atoms with van der Waals surface area (Å²) in [5, 5.41) is 12.5. The van der Waals surface area contributed by atoms with Gasteiger partial charge < -0.3 is 10.4 Å². The largest absolute Gasteiger partial charge is 0.396 e. The molecule has 0 aromatic carbocycles. The zero-order valence-corrected chi connectivity index (χ0v) is 11.2. The van der Waals surface area contributed by atoms with Crippen LogP contribution in [0.25, 0.3) is 0 Å². The number of carbonyl (C=O) groups excluding carboxylic acids is 1. The number of pyridine rings is 1. The van der Waals surface area contributed by atoms with Gasteiger partial charge in [-0.3, -0.25) is 9.78 Å².